The molecule has 2 aromatic rings. The first-order valence-corrected chi connectivity index (χ1v) is 6.82. The molecule has 0 bridgehead atoms. The first-order chi connectivity index (χ1) is 8.19. The summed E-state index contributed by atoms with van der Waals surface area (Å²) in [6, 6.07) is 10.5. The van der Waals surface area contributed by atoms with E-state index in [4.69, 9.17) is 16.3 Å². The molecule has 0 N–H and O–H groups in total. The monoisotopic (exact) mass is 266 g/mol. The maximum atomic E-state index is 6.41. The van der Waals surface area contributed by atoms with Gasteiger partial charge in [-0.05, 0) is 25.0 Å². The second-order valence-corrected chi connectivity index (χ2v) is 5.52. The van der Waals surface area contributed by atoms with E-state index in [9.17, 15) is 0 Å². The first kappa shape index (κ1) is 12.5. The molecular weight excluding hydrogens is 252 g/mol. The molecule has 1 nitrogen and oxygen atoms in total. The molecule has 1 aromatic heterocycles. The highest BCUT2D eigenvalue weighted by Crippen LogP contribution is 2.33. The topological polar surface area (TPSA) is 9.23 Å². The second-order valence-electron chi connectivity index (χ2n) is 4.05. The molecule has 0 aliphatic heterocycles. The van der Waals surface area contributed by atoms with Crippen molar-refractivity contribution in [2.24, 2.45) is 0 Å². The van der Waals surface area contributed by atoms with Gasteiger partial charge < -0.3 is 4.74 Å². The van der Waals surface area contributed by atoms with Crippen LogP contribution < -0.4 is 4.74 Å². The third-order valence-electron chi connectivity index (χ3n) is 2.68. The summed E-state index contributed by atoms with van der Waals surface area (Å²) in [6.45, 7) is 2.09. The Morgan fingerprint density at radius 1 is 1.29 bits per heavy atom. The van der Waals surface area contributed by atoms with E-state index in [1.807, 2.05) is 11.4 Å². The van der Waals surface area contributed by atoms with Crippen LogP contribution in [0.25, 0.3) is 0 Å². The lowest BCUT2D eigenvalue weighted by Crippen LogP contribution is -1.93. The van der Waals surface area contributed by atoms with Crippen molar-refractivity contribution in [2.75, 3.05) is 7.11 Å². The zero-order valence-corrected chi connectivity index (χ0v) is 11.5. The van der Waals surface area contributed by atoms with E-state index in [-0.39, 0.29) is 5.38 Å². The summed E-state index contributed by atoms with van der Waals surface area (Å²) < 4.78 is 5.16. The van der Waals surface area contributed by atoms with Gasteiger partial charge in [0.15, 0.2) is 0 Å². The van der Waals surface area contributed by atoms with Gasteiger partial charge in [0.1, 0.15) is 5.75 Å². The predicted molar refractivity (Wildman–Crippen MR) is 74.3 cm³/mol. The number of hydrogen-bond donors (Lipinski definition) is 0. The van der Waals surface area contributed by atoms with Crippen LogP contribution in [0.1, 0.15) is 21.4 Å². The number of alkyl halides is 1. The molecular formula is C14H15ClOS. The normalized spacial score (nSPS) is 12.4. The van der Waals surface area contributed by atoms with Gasteiger partial charge >= 0.3 is 0 Å². The van der Waals surface area contributed by atoms with Crippen LogP contribution in [0.4, 0.5) is 0 Å². The molecule has 0 saturated carbocycles. The standard InChI is InChI=1S/C14H15ClOS/c1-10-3-5-11(6-4-10)7-13(15)14-8-12(16-2)9-17-14/h3-6,8-9,13H,7H2,1-2H3. The van der Waals surface area contributed by atoms with Crippen molar-refractivity contribution in [2.45, 2.75) is 18.7 Å². The molecule has 0 aliphatic carbocycles. The lowest BCUT2D eigenvalue weighted by atomic mass is 10.1. The van der Waals surface area contributed by atoms with Crippen LogP contribution in [0, 0.1) is 6.92 Å². The van der Waals surface area contributed by atoms with Crippen LogP contribution in [0.3, 0.4) is 0 Å². The third kappa shape index (κ3) is 3.24. The molecule has 0 radical (unpaired) electrons. The minimum atomic E-state index is 0.0200. The van der Waals surface area contributed by atoms with Gasteiger partial charge in [-0.15, -0.1) is 22.9 Å². The average Bonchev–Trinajstić information content (AvgIpc) is 2.81. The van der Waals surface area contributed by atoms with Crippen LogP contribution >= 0.6 is 22.9 Å². The molecule has 1 atom stereocenters. The van der Waals surface area contributed by atoms with Crippen molar-refractivity contribution in [1.29, 1.82) is 0 Å². The summed E-state index contributed by atoms with van der Waals surface area (Å²) in [5, 5.41) is 2.01. The fraction of sp³-hybridized carbons (Fsp3) is 0.286. The second kappa shape index (κ2) is 5.56. The molecule has 1 unspecified atom stereocenters. The Morgan fingerprint density at radius 3 is 2.59 bits per heavy atom. The fourth-order valence-corrected chi connectivity index (χ4v) is 2.86. The van der Waals surface area contributed by atoms with Crippen LogP contribution in [0.2, 0.25) is 0 Å². The summed E-state index contributed by atoms with van der Waals surface area (Å²) in [5.74, 6) is 0.888. The fourth-order valence-electron chi connectivity index (χ4n) is 1.64. The Balaban J connectivity index is 2.05. The van der Waals surface area contributed by atoms with E-state index in [2.05, 4.69) is 31.2 Å². The summed E-state index contributed by atoms with van der Waals surface area (Å²) in [4.78, 5) is 1.16. The maximum absolute atomic E-state index is 6.41. The molecule has 0 amide bonds. The SMILES string of the molecule is COc1csc(C(Cl)Cc2ccc(C)cc2)c1. The van der Waals surface area contributed by atoms with E-state index in [1.165, 1.54) is 11.1 Å². The van der Waals surface area contributed by atoms with Crippen LogP contribution in [0.5, 0.6) is 5.75 Å². The zero-order chi connectivity index (χ0) is 12.3. The van der Waals surface area contributed by atoms with Crippen molar-refractivity contribution in [3.05, 3.63) is 51.7 Å². The Bertz CT molecular complexity index is 475. The van der Waals surface area contributed by atoms with E-state index < -0.39 is 0 Å². The van der Waals surface area contributed by atoms with Gasteiger partial charge in [-0.2, -0.15) is 0 Å². The minimum Gasteiger partial charge on any atom is -0.496 e. The average molecular weight is 267 g/mol. The lowest BCUT2D eigenvalue weighted by Gasteiger charge is -2.07. The molecule has 0 aliphatic rings. The number of methoxy groups -OCH3 is 1. The number of rotatable bonds is 4. The minimum absolute atomic E-state index is 0.0200. The van der Waals surface area contributed by atoms with E-state index in [1.54, 1.807) is 18.4 Å². The van der Waals surface area contributed by atoms with Gasteiger partial charge in [0.05, 0.1) is 12.5 Å². The molecule has 3 heteroatoms. The molecule has 1 heterocycles. The molecule has 2 rings (SSSR count). The molecule has 0 saturated heterocycles. The number of benzene rings is 1. The highest BCUT2D eigenvalue weighted by Gasteiger charge is 2.11. The number of ether oxygens (including phenoxy) is 1. The lowest BCUT2D eigenvalue weighted by molar-refractivity contribution is 0.416. The highest BCUT2D eigenvalue weighted by atomic mass is 35.5. The van der Waals surface area contributed by atoms with E-state index >= 15 is 0 Å². The Morgan fingerprint density at radius 2 is 2.00 bits per heavy atom. The number of aryl methyl sites for hydroxylation is 1. The third-order valence-corrected chi connectivity index (χ3v) is 4.22. The smallest absolute Gasteiger partial charge is 0.129 e. The molecule has 1 aromatic carbocycles. The predicted octanol–water partition coefficient (Wildman–Crippen LogP) is 4.59. The molecule has 17 heavy (non-hydrogen) atoms. The van der Waals surface area contributed by atoms with E-state index in [0.717, 1.165) is 17.0 Å². The van der Waals surface area contributed by atoms with Gasteiger partial charge in [0.2, 0.25) is 0 Å². The van der Waals surface area contributed by atoms with Crippen molar-refractivity contribution < 1.29 is 4.74 Å². The number of thiophene rings is 1. The maximum Gasteiger partial charge on any atom is 0.129 e. The molecule has 0 spiro atoms. The van der Waals surface area contributed by atoms with Gasteiger partial charge in [0, 0.05) is 10.3 Å². The van der Waals surface area contributed by atoms with Crippen molar-refractivity contribution in [3.63, 3.8) is 0 Å². The number of hydrogen-bond acceptors (Lipinski definition) is 2. The number of halogens is 1. The van der Waals surface area contributed by atoms with Gasteiger partial charge in [-0.1, -0.05) is 29.8 Å². The zero-order valence-electron chi connectivity index (χ0n) is 9.94. The molecule has 90 valence electrons. The van der Waals surface area contributed by atoms with Gasteiger partial charge in [-0.25, -0.2) is 0 Å². The summed E-state index contributed by atoms with van der Waals surface area (Å²) in [6.07, 6.45) is 0.853. The summed E-state index contributed by atoms with van der Waals surface area (Å²) in [7, 11) is 1.68. The van der Waals surface area contributed by atoms with Crippen molar-refractivity contribution in [1.82, 2.24) is 0 Å². The first-order valence-electron chi connectivity index (χ1n) is 5.51. The summed E-state index contributed by atoms with van der Waals surface area (Å²) in [5.41, 5.74) is 2.54. The van der Waals surface area contributed by atoms with Gasteiger partial charge in [0.25, 0.3) is 0 Å². The Hall–Kier alpha value is -0.990. The Labute approximate surface area is 111 Å². The van der Waals surface area contributed by atoms with Crippen LogP contribution in [-0.2, 0) is 6.42 Å². The van der Waals surface area contributed by atoms with Gasteiger partial charge in [-0.3, -0.25) is 0 Å². The Kier molecular flexibility index (Phi) is 4.08. The van der Waals surface area contributed by atoms with Crippen LogP contribution in [-0.4, -0.2) is 7.11 Å². The van der Waals surface area contributed by atoms with Crippen LogP contribution in [0.15, 0.2) is 35.7 Å². The highest BCUT2D eigenvalue weighted by molar-refractivity contribution is 7.10. The van der Waals surface area contributed by atoms with E-state index in [0.29, 0.717) is 0 Å². The quantitative estimate of drug-likeness (QED) is 0.736. The summed E-state index contributed by atoms with van der Waals surface area (Å²) >= 11 is 8.05. The molecule has 0 fully saturated rings. The van der Waals surface area contributed by atoms with Crippen molar-refractivity contribution >= 4 is 22.9 Å². The van der Waals surface area contributed by atoms with Crippen molar-refractivity contribution in [3.8, 4) is 5.75 Å². The largest absolute Gasteiger partial charge is 0.496 e.